The van der Waals surface area contributed by atoms with Crippen LogP contribution in [0.4, 0.5) is 0 Å². The molecule has 0 amide bonds. The van der Waals surface area contributed by atoms with E-state index >= 15 is 0 Å². The lowest BCUT2D eigenvalue weighted by Crippen LogP contribution is -2.61. The maximum absolute atomic E-state index is 12.8. The molecule has 214 valence electrons. The van der Waals surface area contributed by atoms with Crippen LogP contribution in [0.1, 0.15) is 61.3 Å². The normalized spacial score (nSPS) is 34.1. The number of carbonyl (C=O) groups excluding carboxylic acids is 3. The van der Waals surface area contributed by atoms with Crippen LogP contribution in [0.15, 0.2) is 23.5 Å². The predicted octanol–water partition coefficient (Wildman–Crippen LogP) is 4.36. The molecule has 1 fully saturated rings. The van der Waals surface area contributed by atoms with Crippen molar-refractivity contribution in [2.24, 2.45) is 39.9 Å². The van der Waals surface area contributed by atoms with Gasteiger partial charge in [-0.2, -0.15) is 0 Å². The number of aliphatic hydroxyl groups excluding tert-OH is 1. The van der Waals surface area contributed by atoms with Crippen molar-refractivity contribution in [1.82, 2.24) is 0 Å². The average molecular weight is 537 g/mol. The summed E-state index contributed by atoms with van der Waals surface area (Å²) in [5.41, 5.74) is -1.77. The molecule has 0 aromatic heterocycles. The largest absolute Gasteiger partial charge is 0.511 e. The van der Waals surface area contributed by atoms with E-state index in [2.05, 4.69) is 19.1 Å². The molecule has 9 heteroatoms. The molecule has 1 N–H and O–H groups in total. The van der Waals surface area contributed by atoms with E-state index in [4.69, 9.17) is 23.7 Å². The van der Waals surface area contributed by atoms with Crippen LogP contribution >= 0.6 is 0 Å². The number of aliphatic hydroxyl groups is 1. The maximum atomic E-state index is 12.8. The van der Waals surface area contributed by atoms with Gasteiger partial charge in [0.1, 0.15) is 18.7 Å². The number of fused-ring (bicyclic) bond motifs is 3. The summed E-state index contributed by atoms with van der Waals surface area (Å²) in [6, 6.07) is 0. The molecule has 3 rings (SSSR count). The lowest BCUT2D eigenvalue weighted by atomic mass is 9.45. The van der Waals surface area contributed by atoms with Gasteiger partial charge in [0.2, 0.25) is 0 Å². The van der Waals surface area contributed by atoms with Crippen LogP contribution in [0.5, 0.6) is 0 Å². The fourth-order valence-electron chi connectivity index (χ4n) is 6.98. The van der Waals surface area contributed by atoms with Gasteiger partial charge < -0.3 is 28.8 Å². The zero-order valence-corrected chi connectivity index (χ0v) is 24.2. The Morgan fingerprint density at radius 3 is 2.32 bits per heavy atom. The van der Waals surface area contributed by atoms with E-state index in [1.807, 2.05) is 13.8 Å². The molecule has 3 aliphatic carbocycles. The molecule has 7 atom stereocenters. The zero-order chi connectivity index (χ0) is 28.6. The molecule has 0 radical (unpaired) electrons. The van der Waals surface area contributed by atoms with E-state index in [1.54, 1.807) is 27.9 Å². The van der Waals surface area contributed by atoms with E-state index in [0.29, 0.717) is 6.42 Å². The van der Waals surface area contributed by atoms with Crippen molar-refractivity contribution in [3.63, 3.8) is 0 Å². The van der Waals surface area contributed by atoms with E-state index < -0.39 is 40.4 Å². The minimum Gasteiger partial charge on any atom is -0.511 e. The van der Waals surface area contributed by atoms with Crippen molar-refractivity contribution in [3.05, 3.63) is 23.5 Å². The monoisotopic (exact) mass is 536 g/mol. The molecule has 0 spiro atoms. The van der Waals surface area contributed by atoms with E-state index in [1.165, 1.54) is 14.0 Å². The Bertz CT molecular complexity index is 988. The Hall–Kier alpha value is -2.39. The number of ether oxygens (including phenoxy) is 5. The minimum atomic E-state index is -0.763. The van der Waals surface area contributed by atoms with Gasteiger partial charge in [-0.15, -0.1) is 0 Å². The van der Waals surface area contributed by atoms with Crippen LogP contribution in [0.3, 0.4) is 0 Å². The van der Waals surface area contributed by atoms with Crippen molar-refractivity contribution in [3.8, 4) is 0 Å². The summed E-state index contributed by atoms with van der Waals surface area (Å²) >= 11 is 0. The third kappa shape index (κ3) is 5.50. The van der Waals surface area contributed by atoms with Crippen molar-refractivity contribution in [1.29, 1.82) is 0 Å². The van der Waals surface area contributed by atoms with E-state index in [-0.39, 0.29) is 60.8 Å². The van der Waals surface area contributed by atoms with Crippen molar-refractivity contribution >= 4 is 17.9 Å². The number of esters is 3. The number of carbonyl (C=O) groups is 3. The van der Waals surface area contributed by atoms with Crippen LogP contribution < -0.4 is 0 Å². The smallest absolute Gasteiger partial charge is 0.337 e. The maximum Gasteiger partial charge on any atom is 0.337 e. The van der Waals surface area contributed by atoms with Crippen LogP contribution in [0.2, 0.25) is 0 Å². The molecule has 0 unspecified atom stereocenters. The fourth-order valence-corrected chi connectivity index (χ4v) is 6.98. The summed E-state index contributed by atoms with van der Waals surface area (Å²) in [5, 5.41) is 11.1. The number of allylic oxidation sites excluding steroid dienone is 2. The summed E-state index contributed by atoms with van der Waals surface area (Å²) < 4.78 is 28.2. The predicted molar refractivity (Wildman–Crippen MR) is 139 cm³/mol. The Labute approximate surface area is 225 Å². The first kappa shape index (κ1) is 30.2. The molecule has 0 aromatic carbocycles. The molecular weight excluding hydrogens is 492 g/mol. The lowest BCUT2D eigenvalue weighted by Gasteiger charge is -2.60. The average Bonchev–Trinajstić information content (AvgIpc) is 2.82. The highest BCUT2D eigenvalue weighted by Crippen LogP contribution is 2.63. The van der Waals surface area contributed by atoms with Crippen LogP contribution in [-0.4, -0.2) is 62.8 Å². The summed E-state index contributed by atoms with van der Waals surface area (Å²) in [6.45, 7) is 12.8. The molecule has 1 saturated carbocycles. The molecule has 0 aliphatic heterocycles. The lowest BCUT2D eigenvalue weighted by molar-refractivity contribution is -0.203. The molecule has 38 heavy (non-hydrogen) atoms. The van der Waals surface area contributed by atoms with Crippen molar-refractivity contribution in [2.75, 3.05) is 27.6 Å². The minimum absolute atomic E-state index is 0.0222. The number of rotatable bonds is 7. The first-order chi connectivity index (χ1) is 17.6. The third-order valence-electron chi connectivity index (χ3n) is 8.59. The second kappa shape index (κ2) is 11.0. The van der Waals surface area contributed by atoms with Gasteiger partial charge in [0.05, 0.1) is 30.8 Å². The standard InChI is InChI=1S/C29H44O9/c1-16(30)38-20-12-17(14-36-26(33)27(2,3)4)23(37-15-34-8)18-10-11-21-28(5,6)24(31)19(25(32)35-9)13-29(21,7)22(18)20/h10-11,17-18,20-23,31H,12-15H2,1-9H3/t17-,18+,20-,21+,22-,23+,29+/m1/s1. The topological polar surface area (TPSA) is 118 Å². The van der Waals surface area contributed by atoms with Crippen molar-refractivity contribution < 1.29 is 43.2 Å². The van der Waals surface area contributed by atoms with Gasteiger partial charge in [-0.1, -0.05) is 32.9 Å². The Morgan fingerprint density at radius 1 is 1.11 bits per heavy atom. The Morgan fingerprint density at radius 2 is 1.76 bits per heavy atom. The number of methoxy groups -OCH3 is 2. The zero-order valence-electron chi connectivity index (χ0n) is 24.2. The second-order valence-corrected chi connectivity index (χ2v) is 12.7. The van der Waals surface area contributed by atoms with Gasteiger partial charge in [-0.3, -0.25) is 9.59 Å². The highest BCUT2D eigenvalue weighted by atomic mass is 16.7. The second-order valence-electron chi connectivity index (χ2n) is 12.7. The van der Waals surface area contributed by atoms with E-state index in [0.717, 1.165) is 0 Å². The van der Waals surface area contributed by atoms with Gasteiger partial charge in [-0.25, -0.2) is 4.79 Å². The summed E-state index contributed by atoms with van der Waals surface area (Å²) in [5.74, 6) is -2.16. The van der Waals surface area contributed by atoms with Gasteiger partial charge in [0.25, 0.3) is 0 Å². The first-order valence-electron chi connectivity index (χ1n) is 13.2. The van der Waals surface area contributed by atoms with E-state index in [9.17, 15) is 19.5 Å². The third-order valence-corrected chi connectivity index (χ3v) is 8.59. The first-order valence-corrected chi connectivity index (χ1v) is 13.2. The van der Waals surface area contributed by atoms with Crippen molar-refractivity contribution in [2.45, 2.75) is 73.5 Å². The Kier molecular flexibility index (Phi) is 8.73. The van der Waals surface area contributed by atoms with Gasteiger partial charge in [0.15, 0.2) is 0 Å². The van der Waals surface area contributed by atoms with Crippen LogP contribution in [0, 0.1) is 39.9 Å². The SMILES string of the molecule is COCO[C@H]1[C@@H](COC(=O)C(C)(C)C)C[C@@H](OC(C)=O)[C@H]2[C@@H]1C=C[C@H]1C(C)(C)C(O)=C(C(=O)OC)C[C@]21C. The van der Waals surface area contributed by atoms with Gasteiger partial charge in [0, 0.05) is 37.2 Å². The number of hydrogen-bond acceptors (Lipinski definition) is 9. The molecule has 0 bridgehead atoms. The molecule has 3 aliphatic rings. The van der Waals surface area contributed by atoms with Gasteiger partial charge in [-0.05, 0) is 44.9 Å². The molecule has 0 heterocycles. The summed E-state index contributed by atoms with van der Waals surface area (Å²) in [6.07, 6.45) is 3.91. The highest BCUT2D eigenvalue weighted by molar-refractivity contribution is 5.89. The summed E-state index contributed by atoms with van der Waals surface area (Å²) in [7, 11) is 2.85. The summed E-state index contributed by atoms with van der Waals surface area (Å²) in [4.78, 5) is 37.6. The van der Waals surface area contributed by atoms with Crippen LogP contribution in [-0.2, 0) is 38.1 Å². The molecule has 0 aromatic rings. The Balaban J connectivity index is 2.09. The van der Waals surface area contributed by atoms with Gasteiger partial charge >= 0.3 is 17.9 Å². The molecule has 0 saturated heterocycles. The quantitative estimate of drug-likeness (QED) is 0.219. The molecule has 9 nitrogen and oxygen atoms in total. The number of hydrogen-bond donors (Lipinski definition) is 1. The molecular formula is C29H44O9. The fraction of sp³-hybridized carbons (Fsp3) is 0.759. The highest BCUT2D eigenvalue weighted by Gasteiger charge is 2.62. The van der Waals surface area contributed by atoms with Crippen LogP contribution in [0.25, 0.3) is 0 Å².